The number of hydrogen-bond acceptors (Lipinski definition) is 5. The van der Waals surface area contributed by atoms with Crippen molar-refractivity contribution in [2.75, 3.05) is 46.4 Å². The van der Waals surface area contributed by atoms with Gasteiger partial charge < -0.3 is 19.9 Å². The van der Waals surface area contributed by atoms with Gasteiger partial charge in [-0.15, -0.1) is 0 Å². The van der Waals surface area contributed by atoms with E-state index in [4.69, 9.17) is 4.74 Å². The first-order valence-electron chi connectivity index (χ1n) is 10.1. The molecule has 0 saturated carbocycles. The van der Waals surface area contributed by atoms with E-state index in [-0.39, 0.29) is 24.6 Å². The number of ether oxygens (including phenoxy) is 1. The lowest BCUT2D eigenvalue weighted by atomic mass is 10.0. The van der Waals surface area contributed by atoms with Crippen LogP contribution in [0.4, 0.5) is 4.79 Å². The molecule has 1 N–H and O–H groups in total. The van der Waals surface area contributed by atoms with Gasteiger partial charge in [-0.25, -0.2) is 4.79 Å². The lowest BCUT2D eigenvalue weighted by Crippen LogP contribution is -2.55. The second-order valence-electron chi connectivity index (χ2n) is 8.25. The number of aromatic nitrogens is 1. The van der Waals surface area contributed by atoms with Crippen LogP contribution in [0.15, 0.2) is 24.5 Å². The maximum atomic E-state index is 12.7. The first-order valence-corrected chi connectivity index (χ1v) is 10.1. The molecule has 1 unspecified atom stereocenters. The van der Waals surface area contributed by atoms with Crippen LogP contribution in [0.1, 0.15) is 24.8 Å². The molecule has 0 bridgehead atoms. The van der Waals surface area contributed by atoms with E-state index in [0.29, 0.717) is 19.6 Å². The Morgan fingerprint density at radius 2 is 2.14 bits per heavy atom. The molecule has 1 aromatic rings. The number of amides is 3. The molecule has 3 saturated heterocycles. The van der Waals surface area contributed by atoms with Crippen LogP contribution in [0, 0.1) is 0 Å². The van der Waals surface area contributed by atoms with Crippen molar-refractivity contribution in [1.29, 1.82) is 0 Å². The molecule has 0 radical (unpaired) electrons. The van der Waals surface area contributed by atoms with E-state index in [1.54, 1.807) is 18.1 Å². The molecule has 1 atom stereocenters. The van der Waals surface area contributed by atoms with Gasteiger partial charge in [-0.05, 0) is 30.9 Å². The number of likely N-dealkylation sites (N-methyl/N-ethyl adjacent to an activating group) is 1. The first kappa shape index (κ1) is 19.1. The van der Waals surface area contributed by atoms with Gasteiger partial charge in [-0.1, -0.05) is 6.07 Å². The minimum atomic E-state index is -0.396. The van der Waals surface area contributed by atoms with E-state index >= 15 is 0 Å². The maximum Gasteiger partial charge on any atom is 0.317 e. The fourth-order valence-corrected chi connectivity index (χ4v) is 4.41. The molecule has 8 heteroatoms. The van der Waals surface area contributed by atoms with E-state index in [0.717, 1.165) is 38.9 Å². The van der Waals surface area contributed by atoms with Crippen molar-refractivity contribution < 1.29 is 14.3 Å². The number of morpholine rings is 1. The Labute approximate surface area is 165 Å². The van der Waals surface area contributed by atoms with Crippen LogP contribution in [-0.4, -0.2) is 89.6 Å². The summed E-state index contributed by atoms with van der Waals surface area (Å²) in [6, 6.07) is 4.27. The zero-order valence-electron chi connectivity index (χ0n) is 16.5. The standard InChI is InChI=1S/C20H29N5O3/c1-23-14-20(28-13-18(23)26)6-10-25(15-20)19(27)22-17-4-8-24(9-5-17)12-16-3-2-7-21-11-16/h2-3,7,11,17H,4-6,8-10,12-15H2,1H3,(H,22,27). The van der Waals surface area contributed by atoms with E-state index in [2.05, 4.69) is 21.3 Å². The smallest absolute Gasteiger partial charge is 0.317 e. The predicted octanol–water partition coefficient (Wildman–Crippen LogP) is 0.689. The zero-order valence-corrected chi connectivity index (χ0v) is 16.5. The predicted molar refractivity (Wildman–Crippen MR) is 104 cm³/mol. The topological polar surface area (TPSA) is 78.0 Å². The normalized spacial score (nSPS) is 26.8. The van der Waals surface area contributed by atoms with Gasteiger partial charge in [-0.3, -0.25) is 14.7 Å². The lowest BCUT2D eigenvalue weighted by Gasteiger charge is -2.38. The van der Waals surface area contributed by atoms with Gasteiger partial charge in [0, 0.05) is 51.7 Å². The fourth-order valence-electron chi connectivity index (χ4n) is 4.41. The highest BCUT2D eigenvalue weighted by Gasteiger charge is 2.45. The van der Waals surface area contributed by atoms with Crippen LogP contribution < -0.4 is 5.32 Å². The zero-order chi connectivity index (χ0) is 19.6. The Kier molecular flexibility index (Phi) is 5.50. The second kappa shape index (κ2) is 8.05. The highest BCUT2D eigenvalue weighted by atomic mass is 16.5. The number of rotatable bonds is 3. The van der Waals surface area contributed by atoms with E-state index in [1.165, 1.54) is 5.56 Å². The third kappa shape index (κ3) is 4.28. The third-order valence-corrected chi connectivity index (χ3v) is 6.10. The number of nitrogens with one attached hydrogen (secondary N) is 1. The number of pyridine rings is 1. The van der Waals surface area contributed by atoms with Crippen LogP contribution in [0.25, 0.3) is 0 Å². The first-order chi connectivity index (χ1) is 13.5. The van der Waals surface area contributed by atoms with Crippen molar-refractivity contribution in [2.24, 2.45) is 0 Å². The Morgan fingerprint density at radius 1 is 1.32 bits per heavy atom. The van der Waals surface area contributed by atoms with Crippen molar-refractivity contribution in [3.05, 3.63) is 30.1 Å². The molecule has 1 spiro atoms. The summed E-state index contributed by atoms with van der Waals surface area (Å²) in [7, 11) is 1.80. The van der Waals surface area contributed by atoms with Crippen LogP contribution in [0.3, 0.4) is 0 Å². The lowest BCUT2D eigenvalue weighted by molar-refractivity contribution is -0.158. The molecular formula is C20H29N5O3. The number of nitrogens with zero attached hydrogens (tertiary/aromatic N) is 4. The Morgan fingerprint density at radius 3 is 2.86 bits per heavy atom. The summed E-state index contributed by atoms with van der Waals surface area (Å²) < 4.78 is 5.83. The van der Waals surface area contributed by atoms with Crippen molar-refractivity contribution >= 4 is 11.9 Å². The summed E-state index contributed by atoms with van der Waals surface area (Å²) in [5.74, 6) is 0.00608. The van der Waals surface area contributed by atoms with Gasteiger partial charge >= 0.3 is 6.03 Å². The fraction of sp³-hybridized carbons (Fsp3) is 0.650. The summed E-state index contributed by atoms with van der Waals surface area (Å²) in [6.45, 7) is 4.75. The molecule has 0 aliphatic carbocycles. The quantitative estimate of drug-likeness (QED) is 0.826. The summed E-state index contributed by atoms with van der Waals surface area (Å²) in [6.07, 6.45) is 6.40. The third-order valence-electron chi connectivity index (χ3n) is 6.10. The largest absolute Gasteiger partial charge is 0.361 e. The Hall–Kier alpha value is -2.19. The number of urea groups is 1. The van der Waals surface area contributed by atoms with Crippen LogP contribution in [-0.2, 0) is 16.1 Å². The molecule has 1 aromatic heterocycles. The SMILES string of the molecule is CN1CC2(CCN(C(=O)NC3CCN(Cc4cccnc4)CC3)C2)OCC1=O. The number of piperidine rings is 1. The summed E-state index contributed by atoms with van der Waals surface area (Å²) in [4.78, 5) is 34.5. The van der Waals surface area contributed by atoms with E-state index in [9.17, 15) is 9.59 Å². The number of likely N-dealkylation sites (tertiary alicyclic amines) is 2. The Balaban J connectivity index is 1.22. The van der Waals surface area contributed by atoms with Crippen molar-refractivity contribution in [2.45, 2.75) is 37.5 Å². The van der Waals surface area contributed by atoms with E-state index < -0.39 is 5.60 Å². The number of carbonyl (C=O) groups is 2. The molecule has 28 heavy (non-hydrogen) atoms. The average molecular weight is 387 g/mol. The Bertz CT molecular complexity index is 707. The molecule has 152 valence electrons. The minimum absolute atomic E-state index is 0.00608. The molecule has 8 nitrogen and oxygen atoms in total. The molecule has 4 rings (SSSR count). The maximum absolute atomic E-state index is 12.7. The summed E-state index contributed by atoms with van der Waals surface area (Å²) in [5.41, 5.74) is 0.830. The van der Waals surface area contributed by atoms with Gasteiger partial charge in [0.2, 0.25) is 5.91 Å². The van der Waals surface area contributed by atoms with E-state index in [1.807, 2.05) is 17.2 Å². The molecule has 0 aromatic carbocycles. The van der Waals surface area contributed by atoms with Crippen LogP contribution in [0.5, 0.6) is 0 Å². The minimum Gasteiger partial charge on any atom is -0.361 e. The number of carbonyl (C=O) groups excluding carboxylic acids is 2. The second-order valence-corrected chi connectivity index (χ2v) is 8.25. The van der Waals surface area contributed by atoms with Gasteiger partial charge in [0.1, 0.15) is 12.2 Å². The van der Waals surface area contributed by atoms with Crippen molar-refractivity contribution in [3.8, 4) is 0 Å². The van der Waals surface area contributed by atoms with Crippen LogP contribution in [0.2, 0.25) is 0 Å². The molecule has 4 heterocycles. The highest BCUT2D eigenvalue weighted by molar-refractivity contribution is 5.78. The van der Waals surface area contributed by atoms with Crippen molar-refractivity contribution in [1.82, 2.24) is 25.0 Å². The molecule has 3 aliphatic rings. The number of hydrogen-bond donors (Lipinski definition) is 1. The van der Waals surface area contributed by atoms with Crippen LogP contribution >= 0.6 is 0 Å². The van der Waals surface area contributed by atoms with Gasteiger partial charge in [0.05, 0.1) is 13.1 Å². The molecule has 3 amide bonds. The molecule has 3 fully saturated rings. The average Bonchev–Trinajstić information content (AvgIpc) is 3.11. The van der Waals surface area contributed by atoms with Gasteiger partial charge in [0.15, 0.2) is 0 Å². The van der Waals surface area contributed by atoms with Crippen molar-refractivity contribution in [3.63, 3.8) is 0 Å². The summed E-state index contributed by atoms with van der Waals surface area (Å²) >= 11 is 0. The molecular weight excluding hydrogens is 358 g/mol. The molecule has 3 aliphatic heterocycles. The summed E-state index contributed by atoms with van der Waals surface area (Å²) in [5, 5.41) is 3.20. The van der Waals surface area contributed by atoms with Gasteiger partial charge in [0.25, 0.3) is 0 Å². The highest BCUT2D eigenvalue weighted by Crippen LogP contribution is 2.29. The monoisotopic (exact) mass is 387 g/mol. The van der Waals surface area contributed by atoms with Gasteiger partial charge in [-0.2, -0.15) is 0 Å².